The van der Waals surface area contributed by atoms with Crippen molar-refractivity contribution in [1.29, 1.82) is 0 Å². The Morgan fingerprint density at radius 2 is 2.05 bits per heavy atom. The van der Waals surface area contributed by atoms with E-state index in [1.54, 1.807) is 0 Å². The molecule has 1 heterocycles. The summed E-state index contributed by atoms with van der Waals surface area (Å²) in [5.74, 6) is 0. The molecule has 2 N–H and O–H groups in total. The molecule has 1 saturated heterocycles. The van der Waals surface area contributed by atoms with Crippen LogP contribution in [0.3, 0.4) is 0 Å². The number of nitrogens with two attached hydrogens (primary N) is 1. The molecule has 0 radical (unpaired) electrons. The predicted octanol–water partition coefficient (Wildman–Crippen LogP) is 4.25. The van der Waals surface area contributed by atoms with Crippen molar-refractivity contribution in [3.05, 3.63) is 28.8 Å². The molecule has 1 atom stereocenters. The van der Waals surface area contributed by atoms with Crippen LogP contribution in [0.5, 0.6) is 0 Å². The molecule has 1 fully saturated rings. The minimum Gasteiger partial charge on any atom is -0.371 e. The summed E-state index contributed by atoms with van der Waals surface area (Å²) in [7, 11) is 0. The summed E-state index contributed by atoms with van der Waals surface area (Å²) in [6.45, 7) is 9.00. The van der Waals surface area contributed by atoms with Gasteiger partial charge >= 0.3 is 0 Å². The SMILES string of the molecule is CCC1(CC)CCN(c2ccc(Cl)cc2CC(C)N)C1. The molecule has 0 spiro atoms. The van der Waals surface area contributed by atoms with Crippen LogP contribution >= 0.6 is 11.6 Å². The first-order valence-corrected chi connectivity index (χ1v) is 8.16. The van der Waals surface area contributed by atoms with E-state index in [9.17, 15) is 0 Å². The lowest BCUT2D eigenvalue weighted by molar-refractivity contribution is 0.301. The molecular weight excluding hydrogens is 268 g/mol. The Bertz CT molecular complexity index is 452. The molecule has 112 valence electrons. The zero-order valence-corrected chi connectivity index (χ0v) is 13.7. The Balaban J connectivity index is 2.25. The van der Waals surface area contributed by atoms with E-state index in [2.05, 4.69) is 37.8 Å². The van der Waals surface area contributed by atoms with Crippen LogP contribution in [0.1, 0.15) is 45.6 Å². The number of halogens is 1. The molecule has 0 saturated carbocycles. The van der Waals surface area contributed by atoms with E-state index in [1.807, 2.05) is 6.07 Å². The third-order valence-corrected chi connectivity index (χ3v) is 5.10. The van der Waals surface area contributed by atoms with E-state index in [0.29, 0.717) is 5.41 Å². The van der Waals surface area contributed by atoms with Crippen molar-refractivity contribution in [3.63, 3.8) is 0 Å². The van der Waals surface area contributed by atoms with Crippen molar-refractivity contribution < 1.29 is 0 Å². The molecule has 0 aromatic heterocycles. The van der Waals surface area contributed by atoms with Crippen LogP contribution in [0.25, 0.3) is 0 Å². The summed E-state index contributed by atoms with van der Waals surface area (Å²) in [5.41, 5.74) is 9.09. The molecule has 2 nitrogen and oxygen atoms in total. The first-order valence-electron chi connectivity index (χ1n) is 7.78. The topological polar surface area (TPSA) is 29.3 Å². The molecule has 0 bridgehead atoms. The zero-order valence-electron chi connectivity index (χ0n) is 13.0. The van der Waals surface area contributed by atoms with E-state index >= 15 is 0 Å². The van der Waals surface area contributed by atoms with Gasteiger partial charge in [-0.1, -0.05) is 25.4 Å². The second kappa shape index (κ2) is 6.36. The molecule has 1 unspecified atom stereocenters. The highest BCUT2D eigenvalue weighted by atomic mass is 35.5. The molecule has 1 aromatic carbocycles. The van der Waals surface area contributed by atoms with Gasteiger partial charge in [0.2, 0.25) is 0 Å². The van der Waals surface area contributed by atoms with Crippen molar-refractivity contribution in [2.24, 2.45) is 11.1 Å². The molecule has 1 aliphatic heterocycles. The van der Waals surface area contributed by atoms with Gasteiger partial charge in [-0.25, -0.2) is 0 Å². The predicted molar refractivity (Wildman–Crippen MR) is 88.7 cm³/mol. The van der Waals surface area contributed by atoms with E-state index in [4.69, 9.17) is 17.3 Å². The largest absolute Gasteiger partial charge is 0.371 e. The zero-order chi connectivity index (χ0) is 14.8. The lowest BCUT2D eigenvalue weighted by Crippen LogP contribution is -2.27. The molecule has 20 heavy (non-hydrogen) atoms. The third-order valence-electron chi connectivity index (χ3n) is 4.86. The Hall–Kier alpha value is -0.730. The van der Waals surface area contributed by atoms with Gasteiger partial charge in [0.15, 0.2) is 0 Å². The van der Waals surface area contributed by atoms with Crippen LogP contribution in [0.2, 0.25) is 5.02 Å². The Labute approximate surface area is 128 Å². The second-order valence-corrected chi connectivity index (χ2v) is 6.77. The standard InChI is InChI=1S/C17H27ClN2/c1-4-17(5-2)8-9-20(12-17)16-7-6-15(18)11-14(16)10-13(3)19/h6-7,11,13H,4-5,8-10,12,19H2,1-3H3. The molecular formula is C17H27ClN2. The molecule has 1 aromatic rings. The average molecular weight is 295 g/mol. The molecule has 0 amide bonds. The maximum atomic E-state index is 6.16. The van der Waals surface area contributed by atoms with Gasteiger partial charge < -0.3 is 10.6 Å². The van der Waals surface area contributed by atoms with Crippen molar-refractivity contribution in [2.75, 3.05) is 18.0 Å². The fraction of sp³-hybridized carbons (Fsp3) is 0.647. The van der Waals surface area contributed by atoms with Crippen molar-refractivity contribution in [3.8, 4) is 0 Å². The van der Waals surface area contributed by atoms with Crippen LogP contribution in [-0.4, -0.2) is 19.1 Å². The fourth-order valence-corrected chi connectivity index (χ4v) is 3.54. The van der Waals surface area contributed by atoms with Crippen molar-refractivity contribution >= 4 is 17.3 Å². The Kier molecular flexibility index (Phi) is 4.98. The summed E-state index contributed by atoms with van der Waals surface area (Å²) in [6.07, 6.45) is 4.70. The van der Waals surface area contributed by atoms with Gasteiger partial charge in [-0.3, -0.25) is 0 Å². The average Bonchev–Trinajstić information content (AvgIpc) is 2.83. The fourth-order valence-electron chi connectivity index (χ4n) is 3.34. The van der Waals surface area contributed by atoms with Gasteiger partial charge in [0.25, 0.3) is 0 Å². The van der Waals surface area contributed by atoms with Gasteiger partial charge in [0.1, 0.15) is 0 Å². The van der Waals surface area contributed by atoms with Crippen LogP contribution in [-0.2, 0) is 6.42 Å². The highest BCUT2D eigenvalue weighted by Gasteiger charge is 2.35. The Morgan fingerprint density at radius 1 is 1.35 bits per heavy atom. The number of hydrogen-bond acceptors (Lipinski definition) is 2. The summed E-state index contributed by atoms with van der Waals surface area (Å²) >= 11 is 6.16. The first-order chi connectivity index (χ1) is 9.49. The smallest absolute Gasteiger partial charge is 0.0410 e. The van der Waals surface area contributed by atoms with Gasteiger partial charge in [-0.2, -0.15) is 0 Å². The van der Waals surface area contributed by atoms with Gasteiger partial charge in [-0.05, 0) is 61.8 Å². The van der Waals surface area contributed by atoms with Crippen LogP contribution in [0.4, 0.5) is 5.69 Å². The summed E-state index contributed by atoms with van der Waals surface area (Å²) < 4.78 is 0. The van der Waals surface area contributed by atoms with Crippen LogP contribution in [0, 0.1) is 5.41 Å². The number of anilines is 1. The maximum Gasteiger partial charge on any atom is 0.0410 e. The number of hydrogen-bond donors (Lipinski definition) is 1. The van der Waals surface area contributed by atoms with E-state index in [0.717, 1.165) is 24.5 Å². The second-order valence-electron chi connectivity index (χ2n) is 6.33. The van der Waals surface area contributed by atoms with Crippen LogP contribution in [0.15, 0.2) is 18.2 Å². The first kappa shape index (κ1) is 15.7. The van der Waals surface area contributed by atoms with Crippen LogP contribution < -0.4 is 10.6 Å². The number of rotatable bonds is 5. The highest BCUT2D eigenvalue weighted by molar-refractivity contribution is 6.30. The summed E-state index contributed by atoms with van der Waals surface area (Å²) in [5, 5.41) is 0.806. The third kappa shape index (κ3) is 3.29. The maximum absolute atomic E-state index is 6.16. The molecule has 1 aliphatic rings. The minimum atomic E-state index is 0.164. The number of nitrogens with zero attached hydrogens (tertiary/aromatic N) is 1. The normalized spacial score (nSPS) is 19.4. The number of benzene rings is 1. The van der Waals surface area contributed by atoms with E-state index in [1.165, 1.54) is 30.5 Å². The van der Waals surface area contributed by atoms with Crippen molar-refractivity contribution in [1.82, 2.24) is 0 Å². The van der Waals surface area contributed by atoms with E-state index in [-0.39, 0.29) is 6.04 Å². The monoisotopic (exact) mass is 294 g/mol. The van der Waals surface area contributed by atoms with Gasteiger partial charge in [0, 0.05) is 29.8 Å². The molecule has 0 aliphatic carbocycles. The highest BCUT2D eigenvalue weighted by Crippen LogP contribution is 2.40. The summed E-state index contributed by atoms with van der Waals surface area (Å²) in [4.78, 5) is 2.53. The molecule has 3 heteroatoms. The van der Waals surface area contributed by atoms with Gasteiger partial charge in [0.05, 0.1) is 0 Å². The molecule has 2 rings (SSSR count). The summed E-state index contributed by atoms with van der Waals surface area (Å²) in [6, 6.07) is 6.41. The lowest BCUT2D eigenvalue weighted by atomic mass is 9.82. The van der Waals surface area contributed by atoms with Crippen molar-refractivity contribution in [2.45, 2.75) is 52.5 Å². The Morgan fingerprint density at radius 3 is 2.60 bits per heavy atom. The van der Waals surface area contributed by atoms with E-state index < -0.39 is 0 Å². The van der Waals surface area contributed by atoms with Gasteiger partial charge in [-0.15, -0.1) is 0 Å². The lowest BCUT2D eigenvalue weighted by Gasteiger charge is -2.28. The minimum absolute atomic E-state index is 0.164. The quantitative estimate of drug-likeness (QED) is 0.880.